The van der Waals surface area contributed by atoms with Crippen LogP contribution in [-0.2, 0) is 22.6 Å². The second kappa shape index (κ2) is 5.61. The van der Waals surface area contributed by atoms with Crippen LogP contribution in [0.15, 0.2) is 33.6 Å². The average molecular weight is 373 g/mol. The van der Waals surface area contributed by atoms with E-state index in [-0.39, 0.29) is 16.2 Å². The predicted octanol–water partition coefficient (Wildman–Crippen LogP) is 2.16. The first kappa shape index (κ1) is 15.7. The van der Waals surface area contributed by atoms with E-state index >= 15 is 0 Å². The van der Waals surface area contributed by atoms with Crippen molar-refractivity contribution < 1.29 is 18.3 Å². The number of nitrogens with zero attached hydrogens (tertiary/aromatic N) is 2. The molecule has 0 atom stereocenters. The highest BCUT2D eigenvalue weighted by atomic mass is 79.9. The summed E-state index contributed by atoms with van der Waals surface area (Å²) in [5.74, 6) is -1.42. The lowest BCUT2D eigenvalue weighted by atomic mass is 10.2. The molecule has 1 aromatic heterocycles. The van der Waals surface area contributed by atoms with E-state index in [0.717, 1.165) is 11.8 Å². The summed E-state index contributed by atoms with van der Waals surface area (Å²) >= 11 is 3.16. The number of hydrogen-bond acceptors (Lipinski definition) is 4. The third-order valence-corrected chi connectivity index (χ3v) is 5.59. The van der Waals surface area contributed by atoms with Crippen LogP contribution in [0.25, 0.3) is 0 Å². The van der Waals surface area contributed by atoms with Crippen molar-refractivity contribution in [2.75, 3.05) is 0 Å². The van der Waals surface area contributed by atoms with Crippen LogP contribution < -0.4 is 0 Å². The van der Waals surface area contributed by atoms with E-state index < -0.39 is 15.8 Å². The number of aryl methyl sites for hydroxylation is 2. The summed E-state index contributed by atoms with van der Waals surface area (Å²) in [6.45, 7) is 1.77. The first-order chi connectivity index (χ1) is 9.70. The number of hydrogen-bond donors (Lipinski definition) is 1. The molecule has 1 N–H and O–H groups in total. The van der Waals surface area contributed by atoms with Crippen LogP contribution in [0.1, 0.15) is 21.7 Å². The highest BCUT2D eigenvalue weighted by Crippen LogP contribution is 2.26. The maximum atomic E-state index is 12.5. The second-order valence-corrected chi connectivity index (χ2v) is 7.42. The summed E-state index contributed by atoms with van der Waals surface area (Å²) in [6, 6.07) is 5.61. The first-order valence-corrected chi connectivity index (χ1v) is 8.40. The average Bonchev–Trinajstić information content (AvgIpc) is 2.67. The van der Waals surface area contributed by atoms with Crippen molar-refractivity contribution >= 4 is 31.7 Å². The molecule has 0 amide bonds. The Bertz CT molecular complexity index is 812. The molecular weight excluding hydrogens is 360 g/mol. The standard InChI is InChI=1S/C13H13BrN2O4S/c1-8-5-10(16(2)15-8)7-21(19,20)12-6-9(13(17)18)3-4-11(12)14/h3-6H,7H2,1-2H3,(H,17,18). The molecule has 0 aliphatic rings. The summed E-state index contributed by atoms with van der Waals surface area (Å²) in [5.41, 5.74) is 1.19. The number of rotatable bonds is 4. The van der Waals surface area contributed by atoms with Crippen LogP contribution in [0.3, 0.4) is 0 Å². The molecule has 6 nitrogen and oxygen atoms in total. The van der Waals surface area contributed by atoms with Crippen molar-refractivity contribution in [1.82, 2.24) is 9.78 Å². The molecule has 0 fully saturated rings. The molecule has 0 aliphatic heterocycles. The SMILES string of the molecule is Cc1cc(CS(=O)(=O)c2cc(C(=O)O)ccc2Br)n(C)n1. The maximum absolute atomic E-state index is 12.5. The van der Waals surface area contributed by atoms with Gasteiger partial charge in [0.2, 0.25) is 0 Å². The van der Waals surface area contributed by atoms with Crippen molar-refractivity contribution in [3.8, 4) is 0 Å². The second-order valence-electron chi connectivity index (χ2n) is 4.61. The summed E-state index contributed by atoms with van der Waals surface area (Å²) in [6.07, 6.45) is 0. The lowest BCUT2D eigenvalue weighted by Crippen LogP contribution is -2.10. The van der Waals surface area contributed by atoms with Gasteiger partial charge in [0.25, 0.3) is 0 Å². The van der Waals surface area contributed by atoms with Crippen molar-refractivity contribution in [2.24, 2.45) is 7.05 Å². The van der Waals surface area contributed by atoms with E-state index in [2.05, 4.69) is 21.0 Å². The first-order valence-electron chi connectivity index (χ1n) is 5.96. The lowest BCUT2D eigenvalue weighted by molar-refractivity contribution is 0.0696. The number of aromatic carboxylic acids is 1. The molecule has 1 aromatic carbocycles. The minimum absolute atomic E-state index is 0.0405. The Kier molecular flexibility index (Phi) is 4.20. The smallest absolute Gasteiger partial charge is 0.335 e. The summed E-state index contributed by atoms with van der Waals surface area (Å²) in [7, 11) is -2.01. The Hall–Kier alpha value is -1.67. The quantitative estimate of drug-likeness (QED) is 0.887. The Balaban J connectivity index is 2.46. The molecule has 0 radical (unpaired) electrons. The largest absolute Gasteiger partial charge is 0.478 e. The normalized spacial score (nSPS) is 11.6. The monoisotopic (exact) mass is 372 g/mol. The highest BCUT2D eigenvalue weighted by molar-refractivity contribution is 9.10. The van der Waals surface area contributed by atoms with Gasteiger partial charge in [0.05, 0.1) is 27.6 Å². The molecular formula is C13H13BrN2O4S. The predicted molar refractivity (Wildman–Crippen MR) is 79.9 cm³/mol. The van der Waals surface area contributed by atoms with Crippen LogP contribution in [0.4, 0.5) is 0 Å². The summed E-state index contributed by atoms with van der Waals surface area (Å²) in [4.78, 5) is 10.9. The molecule has 0 saturated carbocycles. The van der Waals surface area contributed by atoms with E-state index in [4.69, 9.17) is 5.11 Å². The van der Waals surface area contributed by atoms with Gasteiger partial charge in [0, 0.05) is 11.5 Å². The number of benzene rings is 1. The van der Waals surface area contributed by atoms with Crippen LogP contribution in [0, 0.1) is 6.92 Å². The molecule has 8 heteroatoms. The van der Waals surface area contributed by atoms with Crippen LogP contribution in [0.2, 0.25) is 0 Å². The van der Waals surface area contributed by atoms with Crippen molar-refractivity contribution in [3.05, 3.63) is 45.7 Å². The molecule has 2 rings (SSSR count). The van der Waals surface area contributed by atoms with E-state index in [1.807, 2.05) is 0 Å². The van der Waals surface area contributed by atoms with E-state index in [9.17, 15) is 13.2 Å². The summed E-state index contributed by atoms with van der Waals surface area (Å²) < 4.78 is 26.8. The number of carboxylic acid groups (broad SMARTS) is 1. The Morgan fingerprint density at radius 1 is 1.38 bits per heavy atom. The van der Waals surface area contributed by atoms with Crippen LogP contribution in [-0.4, -0.2) is 29.3 Å². The maximum Gasteiger partial charge on any atom is 0.335 e. The van der Waals surface area contributed by atoms with Gasteiger partial charge in [-0.15, -0.1) is 0 Å². The van der Waals surface area contributed by atoms with Crippen LogP contribution in [0.5, 0.6) is 0 Å². The fourth-order valence-corrected chi connectivity index (χ4v) is 4.42. The number of aromatic nitrogens is 2. The molecule has 1 heterocycles. The molecule has 0 saturated heterocycles. The van der Waals surface area contributed by atoms with Gasteiger partial charge in [-0.25, -0.2) is 13.2 Å². The fourth-order valence-electron chi connectivity index (χ4n) is 1.95. The van der Waals surface area contributed by atoms with Crippen LogP contribution >= 0.6 is 15.9 Å². The Morgan fingerprint density at radius 2 is 2.05 bits per heavy atom. The van der Waals surface area contributed by atoms with E-state index in [0.29, 0.717) is 10.2 Å². The molecule has 2 aromatic rings. The number of halogens is 1. The van der Waals surface area contributed by atoms with Gasteiger partial charge in [-0.1, -0.05) is 0 Å². The van der Waals surface area contributed by atoms with Gasteiger partial charge >= 0.3 is 5.97 Å². The molecule has 21 heavy (non-hydrogen) atoms. The van der Waals surface area contributed by atoms with Gasteiger partial charge < -0.3 is 5.11 Å². The topological polar surface area (TPSA) is 89.3 Å². The van der Waals surface area contributed by atoms with Gasteiger partial charge in [-0.05, 0) is 47.1 Å². The number of carbonyl (C=O) groups is 1. The Labute approximate surface area is 130 Å². The molecule has 0 spiro atoms. The summed E-state index contributed by atoms with van der Waals surface area (Å²) in [5, 5.41) is 13.1. The van der Waals surface area contributed by atoms with Gasteiger partial charge in [-0.3, -0.25) is 4.68 Å². The number of sulfone groups is 1. The Morgan fingerprint density at radius 3 is 2.57 bits per heavy atom. The third kappa shape index (κ3) is 3.33. The van der Waals surface area contributed by atoms with Crippen molar-refractivity contribution in [2.45, 2.75) is 17.6 Å². The van der Waals surface area contributed by atoms with Crippen molar-refractivity contribution in [1.29, 1.82) is 0 Å². The zero-order valence-corrected chi connectivity index (χ0v) is 13.8. The van der Waals surface area contributed by atoms with Gasteiger partial charge in [-0.2, -0.15) is 5.10 Å². The minimum atomic E-state index is -3.68. The fraction of sp³-hybridized carbons (Fsp3) is 0.231. The zero-order chi connectivity index (χ0) is 15.8. The highest BCUT2D eigenvalue weighted by Gasteiger charge is 2.22. The van der Waals surface area contributed by atoms with Crippen molar-refractivity contribution in [3.63, 3.8) is 0 Å². The molecule has 0 bridgehead atoms. The van der Waals surface area contributed by atoms with Gasteiger partial charge in [0.15, 0.2) is 9.84 Å². The third-order valence-electron chi connectivity index (χ3n) is 2.95. The van der Waals surface area contributed by atoms with Gasteiger partial charge in [0.1, 0.15) is 0 Å². The molecule has 112 valence electrons. The van der Waals surface area contributed by atoms with E-state index in [1.165, 1.54) is 16.8 Å². The zero-order valence-electron chi connectivity index (χ0n) is 11.4. The molecule has 0 unspecified atom stereocenters. The molecule has 0 aliphatic carbocycles. The minimum Gasteiger partial charge on any atom is -0.478 e. The number of carboxylic acids is 1. The van der Waals surface area contributed by atoms with E-state index in [1.54, 1.807) is 20.0 Å². The lowest BCUT2D eigenvalue weighted by Gasteiger charge is -2.08.